The average Bonchev–Trinajstić information content (AvgIpc) is 3.26. The van der Waals surface area contributed by atoms with E-state index in [-0.39, 0.29) is 17.0 Å². The largest absolute Gasteiger partial charge is 0.497 e. The van der Waals surface area contributed by atoms with Crippen molar-refractivity contribution < 1.29 is 9.53 Å². The first kappa shape index (κ1) is 28.5. The van der Waals surface area contributed by atoms with Gasteiger partial charge in [0.2, 0.25) is 0 Å². The summed E-state index contributed by atoms with van der Waals surface area (Å²) in [6, 6.07) is 19.9. The normalized spacial score (nSPS) is 16.4. The van der Waals surface area contributed by atoms with Crippen molar-refractivity contribution in [3.05, 3.63) is 92.1 Å². The zero-order chi connectivity index (χ0) is 29.1. The molecule has 0 N–H and O–H groups in total. The quantitative estimate of drug-likeness (QED) is 0.289. The molecule has 8 nitrogen and oxygen atoms in total. The van der Waals surface area contributed by atoms with Crippen LogP contribution in [0.3, 0.4) is 0 Å². The number of carbonyl (C=O) groups is 1. The fourth-order valence-electron chi connectivity index (χ4n) is 5.27. The molecular formula is C31H31N5O3S2. The van der Waals surface area contributed by atoms with Gasteiger partial charge in [0.25, 0.3) is 11.5 Å². The van der Waals surface area contributed by atoms with Crippen molar-refractivity contribution >= 4 is 51.8 Å². The topological polar surface area (TPSA) is 81.8 Å². The number of piperazine rings is 1. The van der Waals surface area contributed by atoms with E-state index in [1.807, 2.05) is 55.5 Å². The summed E-state index contributed by atoms with van der Waals surface area (Å²) in [7, 11) is 1.61. The summed E-state index contributed by atoms with van der Waals surface area (Å²) < 4.78 is 7.37. The first-order valence-corrected chi connectivity index (χ1v) is 14.7. The number of nitriles is 1. The minimum atomic E-state index is -0.308. The number of amides is 1. The molecule has 1 aromatic heterocycles. The van der Waals surface area contributed by atoms with Gasteiger partial charge in [0.1, 0.15) is 27.5 Å². The highest BCUT2D eigenvalue weighted by atomic mass is 32.2. The number of ether oxygens (including phenoxy) is 1. The average molecular weight is 586 g/mol. The van der Waals surface area contributed by atoms with Crippen molar-refractivity contribution in [3.63, 3.8) is 0 Å². The van der Waals surface area contributed by atoms with Gasteiger partial charge in [0, 0.05) is 44.0 Å². The zero-order valence-corrected chi connectivity index (χ0v) is 24.9. The smallest absolute Gasteiger partial charge is 0.270 e. The Hall–Kier alpha value is -4.07. The van der Waals surface area contributed by atoms with Crippen LogP contribution in [0.2, 0.25) is 0 Å². The highest BCUT2D eigenvalue weighted by Crippen LogP contribution is 2.37. The van der Waals surface area contributed by atoms with Gasteiger partial charge in [0.05, 0.1) is 18.6 Å². The number of pyridine rings is 1. The van der Waals surface area contributed by atoms with Crippen LogP contribution >= 0.6 is 24.0 Å². The standard InChI is InChI=1S/C31H31N5O3S2/c1-4-35-28(34-16-14-33(15-17-34)23-8-6-5-7-9-23)25(21(2)26(19-32)29(35)37)18-27-30(38)36(31(40)41-27)20-22-10-12-24(39-3)13-11-22/h5-13,18H,4,14-17,20H2,1-3H3/b27-18-. The van der Waals surface area contributed by atoms with Crippen LogP contribution in [-0.4, -0.2) is 53.0 Å². The van der Waals surface area contributed by atoms with Crippen LogP contribution < -0.4 is 20.1 Å². The molecule has 2 aliphatic heterocycles. The lowest BCUT2D eigenvalue weighted by molar-refractivity contribution is -0.122. The van der Waals surface area contributed by atoms with E-state index in [0.717, 1.165) is 35.9 Å². The summed E-state index contributed by atoms with van der Waals surface area (Å²) in [5.74, 6) is 1.29. The van der Waals surface area contributed by atoms with Gasteiger partial charge in [-0.25, -0.2) is 0 Å². The maximum atomic E-state index is 13.6. The third-order valence-corrected chi connectivity index (χ3v) is 8.89. The van der Waals surface area contributed by atoms with Gasteiger partial charge in [-0.1, -0.05) is 54.3 Å². The molecule has 2 saturated heterocycles. The van der Waals surface area contributed by atoms with E-state index in [1.54, 1.807) is 23.5 Å². The lowest BCUT2D eigenvalue weighted by atomic mass is 10.0. The molecule has 0 radical (unpaired) electrons. The Kier molecular flexibility index (Phi) is 8.47. The fraction of sp³-hybridized carbons (Fsp3) is 0.290. The number of benzene rings is 2. The van der Waals surface area contributed by atoms with Crippen LogP contribution in [0, 0.1) is 18.3 Å². The Labute approximate surface area is 249 Å². The molecule has 3 heterocycles. The lowest BCUT2D eigenvalue weighted by Crippen LogP contribution is -2.48. The minimum absolute atomic E-state index is 0.0958. The number of thiocarbonyl (C=S) groups is 1. The number of hydrogen-bond donors (Lipinski definition) is 0. The summed E-state index contributed by atoms with van der Waals surface area (Å²) in [6.07, 6.45) is 1.81. The maximum absolute atomic E-state index is 13.6. The second-order valence-electron chi connectivity index (χ2n) is 9.82. The van der Waals surface area contributed by atoms with Gasteiger partial charge in [0.15, 0.2) is 0 Å². The van der Waals surface area contributed by atoms with Crippen LogP contribution in [0.5, 0.6) is 5.75 Å². The summed E-state index contributed by atoms with van der Waals surface area (Å²) in [5.41, 5.74) is 3.17. The number of anilines is 2. The monoisotopic (exact) mass is 585 g/mol. The number of nitrogens with zero attached hydrogens (tertiary/aromatic N) is 5. The molecule has 0 unspecified atom stereocenters. The van der Waals surface area contributed by atoms with Crippen molar-refractivity contribution in [2.75, 3.05) is 43.1 Å². The molecule has 210 valence electrons. The summed E-state index contributed by atoms with van der Waals surface area (Å²) in [5, 5.41) is 9.89. The SMILES string of the molecule is CCn1c(N2CCN(c3ccccc3)CC2)c(/C=C2\SC(=S)N(Cc3ccc(OC)cc3)C2=O)c(C)c(C#N)c1=O. The third-order valence-electron chi connectivity index (χ3n) is 7.51. The van der Waals surface area contributed by atoms with E-state index < -0.39 is 0 Å². The Morgan fingerprint density at radius 2 is 1.68 bits per heavy atom. The van der Waals surface area contributed by atoms with Crippen LogP contribution in [0.15, 0.2) is 64.3 Å². The molecule has 2 aliphatic rings. The van der Waals surface area contributed by atoms with E-state index >= 15 is 0 Å². The summed E-state index contributed by atoms with van der Waals surface area (Å²) in [6.45, 7) is 7.39. The second-order valence-corrected chi connectivity index (χ2v) is 11.5. The maximum Gasteiger partial charge on any atom is 0.270 e. The molecule has 5 rings (SSSR count). The first-order valence-electron chi connectivity index (χ1n) is 13.5. The number of rotatable bonds is 7. The molecule has 2 fully saturated rings. The lowest BCUT2D eigenvalue weighted by Gasteiger charge is -2.39. The zero-order valence-electron chi connectivity index (χ0n) is 23.3. The molecule has 10 heteroatoms. The molecule has 3 aromatic rings. The molecule has 0 atom stereocenters. The molecular weight excluding hydrogens is 555 g/mol. The number of thioether (sulfide) groups is 1. The Morgan fingerprint density at radius 3 is 2.29 bits per heavy atom. The number of aromatic nitrogens is 1. The number of carbonyl (C=O) groups excluding carboxylic acids is 1. The fourth-order valence-corrected chi connectivity index (χ4v) is 6.51. The Bertz CT molecular complexity index is 1600. The molecule has 0 aliphatic carbocycles. The molecule has 0 spiro atoms. The van der Waals surface area contributed by atoms with Crippen LogP contribution in [0.1, 0.15) is 29.2 Å². The van der Waals surface area contributed by atoms with Crippen molar-refractivity contribution in [2.24, 2.45) is 0 Å². The van der Waals surface area contributed by atoms with Crippen LogP contribution in [0.4, 0.5) is 11.5 Å². The highest BCUT2D eigenvalue weighted by molar-refractivity contribution is 8.26. The van der Waals surface area contributed by atoms with Gasteiger partial charge in [-0.2, -0.15) is 5.26 Å². The molecule has 0 saturated carbocycles. The number of hydrogen-bond acceptors (Lipinski definition) is 8. The van der Waals surface area contributed by atoms with Crippen molar-refractivity contribution in [2.45, 2.75) is 26.9 Å². The predicted octanol–water partition coefficient (Wildman–Crippen LogP) is 4.78. The van der Waals surface area contributed by atoms with Gasteiger partial charge in [-0.3, -0.25) is 19.1 Å². The van der Waals surface area contributed by atoms with Crippen molar-refractivity contribution in [3.8, 4) is 11.8 Å². The van der Waals surface area contributed by atoms with Gasteiger partial charge >= 0.3 is 0 Å². The Morgan fingerprint density at radius 1 is 1.02 bits per heavy atom. The van der Waals surface area contributed by atoms with E-state index in [0.29, 0.717) is 46.5 Å². The number of methoxy groups -OCH3 is 1. The van der Waals surface area contributed by atoms with E-state index in [1.165, 1.54) is 11.8 Å². The Balaban J connectivity index is 1.50. The molecule has 0 bridgehead atoms. The molecule has 2 aromatic carbocycles. The van der Waals surface area contributed by atoms with E-state index in [4.69, 9.17) is 17.0 Å². The highest BCUT2D eigenvalue weighted by Gasteiger charge is 2.33. The third kappa shape index (κ3) is 5.60. The van der Waals surface area contributed by atoms with Gasteiger partial charge < -0.3 is 14.5 Å². The van der Waals surface area contributed by atoms with E-state index in [2.05, 4.69) is 28.0 Å². The van der Waals surface area contributed by atoms with Crippen LogP contribution in [0.25, 0.3) is 6.08 Å². The summed E-state index contributed by atoms with van der Waals surface area (Å²) >= 11 is 6.85. The van der Waals surface area contributed by atoms with Gasteiger partial charge in [-0.05, 0) is 55.3 Å². The molecule has 1 amide bonds. The van der Waals surface area contributed by atoms with Crippen molar-refractivity contribution in [1.29, 1.82) is 5.26 Å². The van der Waals surface area contributed by atoms with Gasteiger partial charge in [-0.15, -0.1) is 0 Å². The van der Waals surface area contributed by atoms with E-state index in [9.17, 15) is 14.9 Å². The minimum Gasteiger partial charge on any atom is -0.497 e. The predicted molar refractivity (Wildman–Crippen MR) is 168 cm³/mol. The van der Waals surface area contributed by atoms with Crippen LogP contribution in [-0.2, 0) is 17.9 Å². The summed E-state index contributed by atoms with van der Waals surface area (Å²) in [4.78, 5) is 33.6. The number of para-hydroxylation sites is 1. The second kappa shape index (κ2) is 12.2. The van der Waals surface area contributed by atoms with Crippen molar-refractivity contribution in [1.82, 2.24) is 9.47 Å². The molecule has 41 heavy (non-hydrogen) atoms. The first-order chi connectivity index (χ1) is 19.9.